The van der Waals surface area contributed by atoms with Crippen LogP contribution in [-0.4, -0.2) is 56.6 Å². The zero-order chi connectivity index (χ0) is 16.6. The maximum atomic E-state index is 12.2. The second-order valence-corrected chi connectivity index (χ2v) is 4.89. The van der Waals surface area contributed by atoms with Crippen LogP contribution in [0.5, 0.6) is 5.75 Å². The molecule has 0 radical (unpaired) electrons. The van der Waals surface area contributed by atoms with Crippen molar-refractivity contribution in [2.45, 2.75) is 12.5 Å². The Kier molecular flexibility index (Phi) is 6.81. The zero-order valence-corrected chi connectivity index (χ0v) is 12.9. The summed E-state index contributed by atoms with van der Waals surface area (Å²) in [4.78, 5) is 23.5. The predicted octanol–water partition coefficient (Wildman–Crippen LogP) is 0.931. The number of carboxylic acid groups (broad SMARTS) is 1. The SMILES string of the molecule is COCCOc1cccc(C(=O)NC(C)(COC)C(=O)O)c1. The van der Waals surface area contributed by atoms with Crippen molar-refractivity contribution in [3.63, 3.8) is 0 Å². The highest BCUT2D eigenvalue weighted by Crippen LogP contribution is 2.15. The molecule has 0 aliphatic rings. The molecule has 0 aliphatic carbocycles. The highest BCUT2D eigenvalue weighted by atomic mass is 16.5. The number of carboxylic acids is 1. The Morgan fingerprint density at radius 3 is 2.55 bits per heavy atom. The van der Waals surface area contributed by atoms with Crippen molar-refractivity contribution in [3.05, 3.63) is 29.8 Å². The molecule has 1 unspecified atom stereocenters. The second kappa shape index (κ2) is 8.35. The van der Waals surface area contributed by atoms with Crippen LogP contribution in [0.25, 0.3) is 0 Å². The minimum atomic E-state index is -1.50. The van der Waals surface area contributed by atoms with Gasteiger partial charge in [-0.15, -0.1) is 0 Å². The van der Waals surface area contributed by atoms with Gasteiger partial charge in [0.1, 0.15) is 12.4 Å². The van der Waals surface area contributed by atoms with Crippen molar-refractivity contribution in [2.24, 2.45) is 0 Å². The minimum Gasteiger partial charge on any atom is -0.491 e. The highest BCUT2D eigenvalue weighted by molar-refractivity contribution is 5.98. The van der Waals surface area contributed by atoms with Crippen molar-refractivity contribution in [2.75, 3.05) is 34.0 Å². The fourth-order valence-electron chi connectivity index (χ4n) is 1.73. The molecular weight excluding hydrogens is 290 g/mol. The van der Waals surface area contributed by atoms with Gasteiger partial charge in [0.15, 0.2) is 5.54 Å². The number of hydrogen-bond donors (Lipinski definition) is 2. The zero-order valence-electron chi connectivity index (χ0n) is 12.9. The molecule has 0 fully saturated rings. The summed E-state index contributed by atoms with van der Waals surface area (Å²) in [6.45, 7) is 2.03. The molecule has 2 N–H and O–H groups in total. The van der Waals surface area contributed by atoms with Gasteiger partial charge in [0.05, 0.1) is 13.2 Å². The lowest BCUT2D eigenvalue weighted by Gasteiger charge is -2.25. The van der Waals surface area contributed by atoms with Gasteiger partial charge in [-0.3, -0.25) is 4.79 Å². The van der Waals surface area contributed by atoms with Gasteiger partial charge < -0.3 is 24.6 Å². The Hall–Kier alpha value is -2.12. The summed E-state index contributed by atoms with van der Waals surface area (Å²) in [6, 6.07) is 6.48. The van der Waals surface area contributed by atoms with Gasteiger partial charge in [0.25, 0.3) is 5.91 Å². The van der Waals surface area contributed by atoms with Crippen molar-refractivity contribution < 1.29 is 28.9 Å². The normalized spacial score (nSPS) is 13.2. The third-order valence-corrected chi connectivity index (χ3v) is 2.95. The molecule has 1 aromatic rings. The van der Waals surface area contributed by atoms with Gasteiger partial charge in [0.2, 0.25) is 0 Å². The summed E-state index contributed by atoms with van der Waals surface area (Å²) in [7, 11) is 2.94. The van der Waals surface area contributed by atoms with E-state index in [4.69, 9.17) is 14.2 Å². The van der Waals surface area contributed by atoms with E-state index in [-0.39, 0.29) is 6.61 Å². The van der Waals surface area contributed by atoms with E-state index in [1.807, 2.05) is 0 Å². The average molecular weight is 311 g/mol. The summed E-state index contributed by atoms with van der Waals surface area (Å²) < 4.78 is 15.2. The van der Waals surface area contributed by atoms with Crippen LogP contribution in [0.3, 0.4) is 0 Å². The maximum Gasteiger partial charge on any atom is 0.331 e. The number of methoxy groups -OCH3 is 2. The predicted molar refractivity (Wildman–Crippen MR) is 79.2 cm³/mol. The Morgan fingerprint density at radius 2 is 1.95 bits per heavy atom. The third kappa shape index (κ3) is 5.01. The lowest BCUT2D eigenvalue weighted by atomic mass is 10.0. The van der Waals surface area contributed by atoms with Gasteiger partial charge in [0, 0.05) is 19.8 Å². The Morgan fingerprint density at radius 1 is 1.23 bits per heavy atom. The molecule has 0 aliphatic heterocycles. The van der Waals surface area contributed by atoms with Crippen LogP contribution >= 0.6 is 0 Å². The summed E-state index contributed by atoms with van der Waals surface area (Å²) in [5.74, 6) is -1.18. The lowest BCUT2D eigenvalue weighted by Crippen LogP contribution is -2.55. The van der Waals surface area contributed by atoms with Crippen LogP contribution in [-0.2, 0) is 14.3 Å². The number of hydrogen-bond acceptors (Lipinski definition) is 5. The lowest BCUT2D eigenvalue weighted by molar-refractivity contribution is -0.145. The minimum absolute atomic E-state index is 0.141. The highest BCUT2D eigenvalue weighted by Gasteiger charge is 2.35. The van der Waals surface area contributed by atoms with Gasteiger partial charge in [-0.2, -0.15) is 0 Å². The first-order valence-corrected chi connectivity index (χ1v) is 6.69. The third-order valence-electron chi connectivity index (χ3n) is 2.95. The molecule has 7 nitrogen and oxygen atoms in total. The molecule has 0 saturated heterocycles. The first-order chi connectivity index (χ1) is 10.4. The number of carbonyl (C=O) groups excluding carboxylic acids is 1. The van der Waals surface area contributed by atoms with E-state index in [2.05, 4.69) is 5.32 Å². The van der Waals surface area contributed by atoms with E-state index in [1.165, 1.54) is 14.0 Å². The van der Waals surface area contributed by atoms with Crippen molar-refractivity contribution in [1.29, 1.82) is 0 Å². The molecule has 1 aromatic carbocycles. The molecule has 22 heavy (non-hydrogen) atoms. The molecule has 1 atom stereocenters. The molecule has 7 heteroatoms. The van der Waals surface area contributed by atoms with Crippen molar-refractivity contribution >= 4 is 11.9 Å². The van der Waals surface area contributed by atoms with E-state index in [1.54, 1.807) is 31.4 Å². The van der Waals surface area contributed by atoms with Crippen LogP contribution in [0, 0.1) is 0 Å². The van der Waals surface area contributed by atoms with E-state index in [0.717, 1.165) is 0 Å². The molecule has 1 amide bonds. The Labute approximate surface area is 129 Å². The molecule has 0 spiro atoms. The number of nitrogens with one attached hydrogen (secondary N) is 1. The number of rotatable bonds is 9. The quantitative estimate of drug-likeness (QED) is 0.659. The van der Waals surface area contributed by atoms with Gasteiger partial charge >= 0.3 is 5.97 Å². The van der Waals surface area contributed by atoms with Gasteiger partial charge in [-0.05, 0) is 25.1 Å². The first kappa shape index (κ1) is 17.9. The Bertz CT molecular complexity index is 519. The summed E-state index contributed by atoms with van der Waals surface area (Å²) in [5.41, 5.74) is -1.20. The maximum absolute atomic E-state index is 12.2. The molecule has 0 saturated carbocycles. The first-order valence-electron chi connectivity index (χ1n) is 6.69. The summed E-state index contributed by atoms with van der Waals surface area (Å²) in [5, 5.41) is 11.7. The van der Waals surface area contributed by atoms with Crippen LogP contribution in [0.2, 0.25) is 0 Å². The number of aliphatic carboxylic acids is 1. The number of ether oxygens (including phenoxy) is 3. The fraction of sp³-hybridized carbons (Fsp3) is 0.467. The van der Waals surface area contributed by atoms with Gasteiger partial charge in [-0.25, -0.2) is 4.79 Å². The van der Waals surface area contributed by atoms with Crippen LogP contribution in [0.15, 0.2) is 24.3 Å². The molecule has 0 aromatic heterocycles. The molecule has 0 heterocycles. The van der Waals surface area contributed by atoms with E-state index >= 15 is 0 Å². The van der Waals surface area contributed by atoms with Gasteiger partial charge in [-0.1, -0.05) is 6.07 Å². The van der Waals surface area contributed by atoms with E-state index < -0.39 is 17.4 Å². The number of benzene rings is 1. The summed E-state index contributed by atoms with van der Waals surface area (Å²) in [6.07, 6.45) is 0. The fourth-order valence-corrected chi connectivity index (χ4v) is 1.73. The molecule has 122 valence electrons. The monoisotopic (exact) mass is 311 g/mol. The standard InChI is InChI=1S/C15H21NO6/c1-15(10-21-3,14(18)19)16-13(17)11-5-4-6-12(9-11)22-8-7-20-2/h4-6,9H,7-8,10H2,1-3H3,(H,16,17)(H,18,19). The molecular formula is C15H21NO6. The van der Waals surface area contributed by atoms with Crippen LogP contribution < -0.4 is 10.1 Å². The van der Waals surface area contributed by atoms with Crippen LogP contribution in [0.1, 0.15) is 17.3 Å². The largest absolute Gasteiger partial charge is 0.491 e. The molecule has 1 rings (SSSR count). The van der Waals surface area contributed by atoms with Crippen molar-refractivity contribution in [3.8, 4) is 5.75 Å². The van der Waals surface area contributed by atoms with Crippen LogP contribution in [0.4, 0.5) is 0 Å². The van der Waals surface area contributed by atoms with E-state index in [0.29, 0.717) is 24.5 Å². The second-order valence-electron chi connectivity index (χ2n) is 4.89. The number of amides is 1. The number of carbonyl (C=O) groups is 2. The average Bonchev–Trinajstić information content (AvgIpc) is 2.48. The molecule has 0 bridgehead atoms. The van der Waals surface area contributed by atoms with E-state index in [9.17, 15) is 14.7 Å². The smallest absolute Gasteiger partial charge is 0.331 e. The topological polar surface area (TPSA) is 94.1 Å². The van der Waals surface area contributed by atoms with Crippen molar-refractivity contribution in [1.82, 2.24) is 5.32 Å². The summed E-state index contributed by atoms with van der Waals surface area (Å²) >= 11 is 0. The Balaban J connectivity index is 2.80.